The van der Waals surface area contributed by atoms with Crippen molar-refractivity contribution in [3.63, 3.8) is 0 Å². The molecular weight excluding hydrogens is 196 g/mol. The van der Waals surface area contributed by atoms with Gasteiger partial charge < -0.3 is 20.1 Å². The summed E-state index contributed by atoms with van der Waals surface area (Å²) in [4.78, 5) is 13.0. The quantitative estimate of drug-likeness (QED) is 0.642. The zero-order valence-electron chi connectivity index (χ0n) is 9.40. The van der Waals surface area contributed by atoms with E-state index in [1.807, 2.05) is 19.0 Å². The molecule has 1 heterocycles. The number of hydrogen-bond acceptors (Lipinski definition) is 4. The van der Waals surface area contributed by atoms with E-state index in [0.717, 1.165) is 19.4 Å². The molecule has 0 aromatic rings. The Bertz CT molecular complexity index is 203. The third-order valence-corrected chi connectivity index (χ3v) is 2.53. The van der Waals surface area contributed by atoms with Crippen molar-refractivity contribution in [2.24, 2.45) is 0 Å². The van der Waals surface area contributed by atoms with Crippen LogP contribution in [-0.4, -0.2) is 61.9 Å². The van der Waals surface area contributed by atoms with E-state index in [4.69, 9.17) is 9.84 Å². The summed E-state index contributed by atoms with van der Waals surface area (Å²) in [6.07, 6.45) is 1.64. The van der Waals surface area contributed by atoms with Crippen molar-refractivity contribution in [2.45, 2.75) is 25.0 Å². The van der Waals surface area contributed by atoms with Gasteiger partial charge in [-0.1, -0.05) is 0 Å². The van der Waals surface area contributed by atoms with Crippen molar-refractivity contribution in [1.82, 2.24) is 10.2 Å². The second-order valence-corrected chi connectivity index (χ2v) is 4.12. The predicted octanol–water partition coefficient (Wildman–Crippen LogP) is -0.230. The van der Waals surface area contributed by atoms with E-state index < -0.39 is 12.0 Å². The van der Waals surface area contributed by atoms with Gasteiger partial charge in [0.1, 0.15) is 6.04 Å². The Labute approximate surface area is 90.4 Å². The van der Waals surface area contributed by atoms with Crippen LogP contribution in [0.2, 0.25) is 0 Å². The van der Waals surface area contributed by atoms with Gasteiger partial charge in [0, 0.05) is 19.7 Å². The van der Waals surface area contributed by atoms with Gasteiger partial charge in [0.25, 0.3) is 0 Å². The number of carboxylic acid groups (broad SMARTS) is 1. The second-order valence-electron chi connectivity index (χ2n) is 4.12. The number of rotatable bonds is 6. The lowest BCUT2D eigenvalue weighted by Gasteiger charge is -2.21. The van der Waals surface area contributed by atoms with E-state index in [2.05, 4.69) is 5.32 Å². The molecule has 1 aliphatic rings. The monoisotopic (exact) mass is 216 g/mol. The third kappa shape index (κ3) is 4.15. The molecule has 0 bridgehead atoms. The summed E-state index contributed by atoms with van der Waals surface area (Å²) in [6.45, 7) is 2.18. The molecule has 15 heavy (non-hydrogen) atoms. The Morgan fingerprint density at radius 3 is 2.87 bits per heavy atom. The van der Waals surface area contributed by atoms with E-state index in [1.165, 1.54) is 0 Å². The topological polar surface area (TPSA) is 61.8 Å². The van der Waals surface area contributed by atoms with Crippen molar-refractivity contribution >= 4 is 5.97 Å². The molecule has 0 spiro atoms. The molecule has 0 saturated carbocycles. The van der Waals surface area contributed by atoms with Gasteiger partial charge in [0.05, 0.1) is 6.10 Å². The lowest BCUT2D eigenvalue weighted by molar-refractivity contribution is -0.142. The van der Waals surface area contributed by atoms with Crippen LogP contribution in [-0.2, 0) is 9.53 Å². The van der Waals surface area contributed by atoms with Crippen LogP contribution in [0.15, 0.2) is 0 Å². The molecule has 1 fully saturated rings. The first-order valence-corrected chi connectivity index (χ1v) is 5.34. The number of carboxylic acids is 1. The van der Waals surface area contributed by atoms with Crippen LogP contribution in [0.3, 0.4) is 0 Å². The van der Waals surface area contributed by atoms with E-state index in [1.54, 1.807) is 0 Å². The summed E-state index contributed by atoms with van der Waals surface area (Å²) in [5.74, 6) is -0.819. The van der Waals surface area contributed by atoms with E-state index >= 15 is 0 Å². The molecule has 0 radical (unpaired) electrons. The summed E-state index contributed by atoms with van der Waals surface area (Å²) < 4.78 is 5.38. The largest absolute Gasteiger partial charge is 0.480 e. The van der Waals surface area contributed by atoms with Crippen LogP contribution in [0.5, 0.6) is 0 Å². The minimum Gasteiger partial charge on any atom is -0.480 e. The molecule has 5 nitrogen and oxygen atoms in total. The van der Waals surface area contributed by atoms with Gasteiger partial charge in [-0.3, -0.25) is 4.79 Å². The molecule has 2 N–H and O–H groups in total. The molecule has 0 aromatic heterocycles. The fourth-order valence-electron chi connectivity index (χ4n) is 1.69. The van der Waals surface area contributed by atoms with Crippen molar-refractivity contribution in [2.75, 3.05) is 33.8 Å². The molecule has 0 amide bonds. The Morgan fingerprint density at radius 1 is 1.67 bits per heavy atom. The molecule has 88 valence electrons. The summed E-state index contributed by atoms with van der Waals surface area (Å²) in [5, 5.41) is 12.1. The molecule has 2 atom stereocenters. The lowest BCUT2D eigenvalue weighted by atomic mass is 10.1. The average Bonchev–Trinajstić information content (AvgIpc) is 2.63. The average molecular weight is 216 g/mol. The highest BCUT2D eigenvalue weighted by atomic mass is 16.5. The molecule has 2 unspecified atom stereocenters. The van der Waals surface area contributed by atoms with E-state index in [0.29, 0.717) is 13.2 Å². The van der Waals surface area contributed by atoms with Crippen molar-refractivity contribution in [3.05, 3.63) is 0 Å². The fraction of sp³-hybridized carbons (Fsp3) is 0.900. The van der Waals surface area contributed by atoms with Crippen LogP contribution in [0, 0.1) is 0 Å². The van der Waals surface area contributed by atoms with Crippen LogP contribution in [0.25, 0.3) is 0 Å². The molecular formula is C10H20N2O3. The smallest absolute Gasteiger partial charge is 0.323 e. The minimum absolute atomic E-state index is 0.162. The molecule has 0 aliphatic carbocycles. The zero-order valence-corrected chi connectivity index (χ0v) is 9.40. The van der Waals surface area contributed by atoms with Gasteiger partial charge in [0.2, 0.25) is 0 Å². The fourth-order valence-corrected chi connectivity index (χ4v) is 1.69. The van der Waals surface area contributed by atoms with Gasteiger partial charge in [-0.05, 0) is 26.9 Å². The van der Waals surface area contributed by atoms with Gasteiger partial charge in [-0.2, -0.15) is 0 Å². The number of likely N-dealkylation sites (N-methyl/N-ethyl adjacent to an activating group) is 1. The zero-order chi connectivity index (χ0) is 11.3. The summed E-state index contributed by atoms with van der Waals surface area (Å²) in [7, 11) is 3.92. The number of nitrogens with one attached hydrogen (secondary N) is 1. The number of carbonyl (C=O) groups is 1. The molecule has 1 aliphatic heterocycles. The van der Waals surface area contributed by atoms with Crippen LogP contribution >= 0.6 is 0 Å². The number of aliphatic carboxylic acids is 1. The summed E-state index contributed by atoms with van der Waals surface area (Å²) in [5.41, 5.74) is 0. The predicted molar refractivity (Wildman–Crippen MR) is 57.0 cm³/mol. The Kier molecular flexibility index (Phi) is 5.01. The maximum Gasteiger partial charge on any atom is 0.323 e. The Hall–Kier alpha value is -0.650. The maximum absolute atomic E-state index is 11.0. The van der Waals surface area contributed by atoms with Crippen LogP contribution < -0.4 is 5.32 Å². The first-order chi connectivity index (χ1) is 7.11. The van der Waals surface area contributed by atoms with Gasteiger partial charge >= 0.3 is 5.97 Å². The first kappa shape index (κ1) is 12.4. The number of nitrogens with zero attached hydrogens (tertiary/aromatic N) is 1. The van der Waals surface area contributed by atoms with Crippen molar-refractivity contribution in [3.8, 4) is 0 Å². The van der Waals surface area contributed by atoms with E-state index in [9.17, 15) is 4.79 Å². The lowest BCUT2D eigenvalue weighted by Crippen LogP contribution is -2.47. The molecule has 1 saturated heterocycles. The maximum atomic E-state index is 11.0. The highest BCUT2D eigenvalue weighted by Gasteiger charge is 2.30. The van der Waals surface area contributed by atoms with Gasteiger partial charge in [-0.25, -0.2) is 0 Å². The second kappa shape index (κ2) is 6.05. The van der Waals surface area contributed by atoms with Crippen molar-refractivity contribution in [1.29, 1.82) is 0 Å². The normalized spacial score (nSPS) is 23.3. The van der Waals surface area contributed by atoms with E-state index in [-0.39, 0.29) is 6.10 Å². The standard InChI is InChI=1S/C10H20N2O3/c1-12(2)6-5-11-9(10(13)14)8-4-3-7-15-8/h8-9,11H,3-7H2,1-2H3,(H,13,14). The van der Waals surface area contributed by atoms with Crippen LogP contribution in [0.1, 0.15) is 12.8 Å². The molecule has 1 rings (SSSR count). The Morgan fingerprint density at radius 2 is 2.40 bits per heavy atom. The third-order valence-electron chi connectivity index (χ3n) is 2.53. The van der Waals surface area contributed by atoms with Gasteiger partial charge in [0.15, 0.2) is 0 Å². The molecule has 0 aromatic carbocycles. The van der Waals surface area contributed by atoms with Crippen molar-refractivity contribution < 1.29 is 14.6 Å². The summed E-state index contributed by atoms with van der Waals surface area (Å²) >= 11 is 0. The summed E-state index contributed by atoms with van der Waals surface area (Å²) in [6, 6.07) is -0.563. The molecule has 5 heteroatoms. The highest BCUT2D eigenvalue weighted by molar-refractivity contribution is 5.74. The van der Waals surface area contributed by atoms with Crippen LogP contribution in [0.4, 0.5) is 0 Å². The number of hydrogen-bond donors (Lipinski definition) is 2. The SMILES string of the molecule is CN(C)CCNC(C(=O)O)C1CCCO1. The Balaban J connectivity index is 2.33. The minimum atomic E-state index is -0.819. The van der Waals surface area contributed by atoms with Gasteiger partial charge in [-0.15, -0.1) is 0 Å². The highest BCUT2D eigenvalue weighted by Crippen LogP contribution is 2.15. The first-order valence-electron chi connectivity index (χ1n) is 5.34. The number of ether oxygens (including phenoxy) is 1.